The first-order valence-corrected chi connectivity index (χ1v) is 9.98. The van der Waals surface area contributed by atoms with Gasteiger partial charge in [-0.25, -0.2) is 4.98 Å². The molecule has 0 unspecified atom stereocenters. The normalized spacial score (nSPS) is 18.9. The second-order valence-electron chi connectivity index (χ2n) is 7.73. The topological polar surface area (TPSA) is 53.1 Å². The molecule has 0 bridgehead atoms. The minimum absolute atomic E-state index is 0.560. The van der Waals surface area contributed by atoms with E-state index in [2.05, 4.69) is 56.7 Å². The zero-order chi connectivity index (χ0) is 17.8. The van der Waals surface area contributed by atoms with E-state index in [4.69, 9.17) is 0 Å². The van der Waals surface area contributed by atoms with E-state index in [0.717, 1.165) is 30.5 Å². The minimum atomic E-state index is 0.560. The molecule has 138 valence electrons. The molecular weight excluding hydrogens is 322 g/mol. The Morgan fingerprint density at radius 1 is 0.962 bits per heavy atom. The summed E-state index contributed by atoms with van der Waals surface area (Å²) < 4.78 is 0. The van der Waals surface area contributed by atoms with Crippen molar-refractivity contribution < 1.29 is 0 Å². The summed E-state index contributed by atoms with van der Waals surface area (Å²) in [7, 11) is 0. The third kappa shape index (κ3) is 4.26. The molecule has 1 saturated carbocycles. The van der Waals surface area contributed by atoms with Crippen LogP contribution in [0.2, 0.25) is 0 Å². The monoisotopic (exact) mass is 351 g/mol. The lowest BCUT2D eigenvalue weighted by Crippen LogP contribution is -2.32. The standard InChI is InChI=1S/C21H29N5/c1-16-11-14-26(15-12-16)19-8-6-18(7-9-19)24-21-22-13-10-20(25-21)23-17-4-2-3-5-17/h6-10,13,16-17H,2-5,11-12,14-15H2,1H3,(H2,22,23,24,25). The maximum Gasteiger partial charge on any atom is 0.229 e. The molecule has 1 aromatic carbocycles. The van der Waals surface area contributed by atoms with Crippen LogP contribution in [0.25, 0.3) is 0 Å². The van der Waals surface area contributed by atoms with E-state index < -0.39 is 0 Å². The number of aromatic nitrogens is 2. The molecule has 1 aliphatic carbocycles. The predicted octanol–water partition coefficient (Wildman–Crippen LogP) is 4.81. The number of nitrogens with one attached hydrogen (secondary N) is 2. The van der Waals surface area contributed by atoms with E-state index in [0.29, 0.717) is 12.0 Å². The highest BCUT2D eigenvalue weighted by molar-refractivity contribution is 5.60. The Balaban J connectivity index is 1.37. The van der Waals surface area contributed by atoms with Crippen LogP contribution in [0, 0.1) is 5.92 Å². The average molecular weight is 351 g/mol. The van der Waals surface area contributed by atoms with Crippen molar-refractivity contribution in [1.29, 1.82) is 0 Å². The summed E-state index contributed by atoms with van der Waals surface area (Å²) in [4.78, 5) is 11.4. The van der Waals surface area contributed by atoms with Crippen LogP contribution >= 0.6 is 0 Å². The predicted molar refractivity (Wildman–Crippen MR) is 108 cm³/mol. The third-order valence-corrected chi connectivity index (χ3v) is 5.63. The zero-order valence-electron chi connectivity index (χ0n) is 15.6. The van der Waals surface area contributed by atoms with Crippen molar-refractivity contribution >= 4 is 23.1 Å². The number of rotatable bonds is 5. The number of anilines is 4. The SMILES string of the molecule is CC1CCN(c2ccc(Nc3nccc(NC4CCCC4)n3)cc2)CC1. The summed E-state index contributed by atoms with van der Waals surface area (Å²) in [6.07, 6.45) is 9.50. The molecule has 0 atom stereocenters. The largest absolute Gasteiger partial charge is 0.372 e. The molecule has 0 amide bonds. The summed E-state index contributed by atoms with van der Waals surface area (Å²) >= 11 is 0. The van der Waals surface area contributed by atoms with Gasteiger partial charge in [-0.15, -0.1) is 0 Å². The average Bonchev–Trinajstić information content (AvgIpc) is 3.16. The molecule has 2 fully saturated rings. The van der Waals surface area contributed by atoms with E-state index in [1.807, 2.05) is 12.3 Å². The molecule has 0 spiro atoms. The number of nitrogens with zero attached hydrogens (tertiary/aromatic N) is 3. The van der Waals surface area contributed by atoms with Crippen LogP contribution in [-0.4, -0.2) is 29.1 Å². The smallest absolute Gasteiger partial charge is 0.229 e. The first kappa shape index (κ1) is 17.1. The lowest BCUT2D eigenvalue weighted by Gasteiger charge is -2.32. The Labute approximate surface area is 156 Å². The molecule has 1 aromatic heterocycles. The van der Waals surface area contributed by atoms with Crippen LogP contribution in [0.4, 0.5) is 23.1 Å². The molecule has 4 rings (SSSR count). The molecule has 1 saturated heterocycles. The summed E-state index contributed by atoms with van der Waals surface area (Å²) in [6.45, 7) is 4.66. The first-order valence-electron chi connectivity index (χ1n) is 9.98. The maximum absolute atomic E-state index is 4.61. The highest BCUT2D eigenvalue weighted by atomic mass is 15.2. The fourth-order valence-corrected chi connectivity index (χ4v) is 3.93. The Morgan fingerprint density at radius 2 is 1.69 bits per heavy atom. The molecule has 2 aliphatic rings. The molecule has 5 heteroatoms. The van der Waals surface area contributed by atoms with Gasteiger partial charge < -0.3 is 15.5 Å². The minimum Gasteiger partial charge on any atom is -0.372 e. The third-order valence-electron chi connectivity index (χ3n) is 5.63. The van der Waals surface area contributed by atoms with E-state index in [1.165, 1.54) is 44.2 Å². The van der Waals surface area contributed by atoms with Gasteiger partial charge in [-0.1, -0.05) is 19.8 Å². The van der Waals surface area contributed by atoms with Crippen LogP contribution in [0.15, 0.2) is 36.5 Å². The fourth-order valence-electron chi connectivity index (χ4n) is 3.93. The van der Waals surface area contributed by atoms with Gasteiger partial charge in [-0.3, -0.25) is 0 Å². The van der Waals surface area contributed by atoms with Crippen LogP contribution in [-0.2, 0) is 0 Å². The van der Waals surface area contributed by atoms with Crippen LogP contribution in [0.5, 0.6) is 0 Å². The summed E-state index contributed by atoms with van der Waals surface area (Å²) in [5, 5.41) is 6.85. The molecule has 2 N–H and O–H groups in total. The number of piperidine rings is 1. The van der Waals surface area contributed by atoms with Crippen molar-refractivity contribution in [3.8, 4) is 0 Å². The van der Waals surface area contributed by atoms with Crippen molar-refractivity contribution in [2.45, 2.75) is 51.5 Å². The lowest BCUT2D eigenvalue weighted by molar-refractivity contribution is 0.438. The van der Waals surface area contributed by atoms with E-state index in [9.17, 15) is 0 Å². The second-order valence-corrected chi connectivity index (χ2v) is 7.73. The van der Waals surface area contributed by atoms with Crippen molar-refractivity contribution in [1.82, 2.24) is 9.97 Å². The van der Waals surface area contributed by atoms with Crippen molar-refractivity contribution in [3.63, 3.8) is 0 Å². The van der Waals surface area contributed by atoms with Gasteiger partial charge in [-0.2, -0.15) is 4.98 Å². The molecule has 1 aliphatic heterocycles. The zero-order valence-corrected chi connectivity index (χ0v) is 15.6. The molecule has 2 aromatic rings. The number of hydrogen-bond acceptors (Lipinski definition) is 5. The van der Waals surface area contributed by atoms with Gasteiger partial charge in [-0.05, 0) is 61.9 Å². The van der Waals surface area contributed by atoms with Crippen molar-refractivity contribution in [2.75, 3.05) is 28.6 Å². The lowest BCUT2D eigenvalue weighted by atomic mass is 9.99. The van der Waals surface area contributed by atoms with E-state index in [-0.39, 0.29) is 0 Å². The van der Waals surface area contributed by atoms with E-state index >= 15 is 0 Å². The van der Waals surface area contributed by atoms with Crippen molar-refractivity contribution in [2.24, 2.45) is 5.92 Å². The molecule has 0 radical (unpaired) electrons. The van der Waals surface area contributed by atoms with Crippen LogP contribution in [0.3, 0.4) is 0 Å². The van der Waals surface area contributed by atoms with Gasteiger partial charge >= 0.3 is 0 Å². The van der Waals surface area contributed by atoms with Gasteiger partial charge in [0.2, 0.25) is 5.95 Å². The Morgan fingerprint density at radius 3 is 2.42 bits per heavy atom. The first-order chi connectivity index (χ1) is 12.8. The number of hydrogen-bond donors (Lipinski definition) is 2. The molecule has 5 nitrogen and oxygen atoms in total. The van der Waals surface area contributed by atoms with Gasteiger partial charge in [0.25, 0.3) is 0 Å². The highest BCUT2D eigenvalue weighted by Gasteiger charge is 2.16. The number of benzene rings is 1. The summed E-state index contributed by atoms with van der Waals surface area (Å²) in [5.74, 6) is 2.41. The van der Waals surface area contributed by atoms with Crippen molar-refractivity contribution in [3.05, 3.63) is 36.5 Å². The summed E-state index contributed by atoms with van der Waals surface area (Å²) in [6, 6.07) is 11.1. The van der Waals surface area contributed by atoms with Gasteiger partial charge in [0.05, 0.1) is 0 Å². The Hall–Kier alpha value is -2.30. The molecule has 2 heterocycles. The Bertz CT molecular complexity index is 701. The Kier molecular flexibility index (Phi) is 5.23. The molecule has 26 heavy (non-hydrogen) atoms. The van der Waals surface area contributed by atoms with Crippen LogP contribution < -0.4 is 15.5 Å². The second kappa shape index (κ2) is 7.94. The molecular formula is C21H29N5. The van der Waals surface area contributed by atoms with Gasteiger partial charge in [0.15, 0.2) is 0 Å². The van der Waals surface area contributed by atoms with Gasteiger partial charge in [0, 0.05) is 36.7 Å². The fraction of sp³-hybridized carbons (Fsp3) is 0.524. The van der Waals surface area contributed by atoms with E-state index in [1.54, 1.807) is 0 Å². The summed E-state index contributed by atoms with van der Waals surface area (Å²) in [5.41, 5.74) is 2.33. The maximum atomic E-state index is 4.61. The van der Waals surface area contributed by atoms with Crippen LogP contribution in [0.1, 0.15) is 45.4 Å². The highest BCUT2D eigenvalue weighted by Crippen LogP contribution is 2.25. The quantitative estimate of drug-likeness (QED) is 0.809. The van der Waals surface area contributed by atoms with Gasteiger partial charge in [0.1, 0.15) is 5.82 Å².